The summed E-state index contributed by atoms with van der Waals surface area (Å²) >= 11 is 0. The Balaban J connectivity index is 2.09. The van der Waals surface area contributed by atoms with Crippen LogP contribution in [0, 0.1) is 11.8 Å². The molecule has 23 heavy (non-hydrogen) atoms. The lowest BCUT2D eigenvalue weighted by Crippen LogP contribution is -2.31. The molecule has 6 nitrogen and oxygen atoms in total. The molecule has 0 radical (unpaired) electrons. The molecule has 0 spiro atoms. The molecule has 4 N–H and O–H groups in total. The molecule has 2 amide bonds. The molecular formula is C17H16N4O2. The van der Waals surface area contributed by atoms with Crippen LogP contribution in [0.1, 0.15) is 23.7 Å². The molecule has 0 atom stereocenters. The largest absolute Gasteiger partial charge is 0.311 e. The average Bonchev–Trinajstić information content (AvgIpc) is 2.54. The van der Waals surface area contributed by atoms with Gasteiger partial charge in [0.2, 0.25) is 11.8 Å². The third-order valence-electron chi connectivity index (χ3n) is 2.87. The van der Waals surface area contributed by atoms with E-state index in [1.165, 1.54) is 6.92 Å². The van der Waals surface area contributed by atoms with Gasteiger partial charge in [0.05, 0.1) is 6.42 Å². The highest BCUT2D eigenvalue weighted by Crippen LogP contribution is 2.06. The highest BCUT2D eigenvalue weighted by atomic mass is 16.2. The Hall–Kier alpha value is -3.17. The second-order valence-electron chi connectivity index (χ2n) is 4.78. The van der Waals surface area contributed by atoms with Gasteiger partial charge in [0.1, 0.15) is 11.5 Å². The monoisotopic (exact) mass is 308 g/mol. The van der Waals surface area contributed by atoms with Crippen LogP contribution in [0.4, 0.5) is 5.82 Å². The number of benzene rings is 1. The van der Waals surface area contributed by atoms with Crippen molar-refractivity contribution in [1.29, 1.82) is 0 Å². The van der Waals surface area contributed by atoms with Crippen molar-refractivity contribution in [2.24, 2.45) is 5.84 Å². The number of amides is 2. The molecule has 0 saturated carbocycles. The first-order chi connectivity index (χ1) is 11.1. The molecule has 1 heterocycles. The zero-order valence-corrected chi connectivity index (χ0v) is 12.6. The summed E-state index contributed by atoms with van der Waals surface area (Å²) in [4.78, 5) is 26.4. The molecule has 116 valence electrons. The number of hydrogen-bond acceptors (Lipinski definition) is 4. The molecule has 1 aromatic heterocycles. The van der Waals surface area contributed by atoms with E-state index in [1.807, 2.05) is 24.3 Å². The van der Waals surface area contributed by atoms with E-state index in [1.54, 1.807) is 18.2 Å². The SMILES string of the molecule is CC(=O)Nc1cccc(C#Cc2ccc(CC(=O)NN)cc2)n1. The Morgan fingerprint density at radius 3 is 2.52 bits per heavy atom. The molecule has 2 aromatic rings. The Kier molecular flexibility index (Phi) is 5.45. The fourth-order valence-electron chi connectivity index (χ4n) is 1.83. The average molecular weight is 308 g/mol. The number of anilines is 1. The molecule has 6 heteroatoms. The number of aromatic nitrogens is 1. The third-order valence-corrected chi connectivity index (χ3v) is 2.87. The minimum atomic E-state index is -0.247. The maximum atomic E-state index is 11.2. The number of rotatable bonds is 3. The lowest BCUT2D eigenvalue weighted by molar-refractivity contribution is -0.120. The number of nitrogens with one attached hydrogen (secondary N) is 2. The van der Waals surface area contributed by atoms with E-state index < -0.39 is 0 Å². The lowest BCUT2D eigenvalue weighted by Gasteiger charge is -2.01. The summed E-state index contributed by atoms with van der Waals surface area (Å²) in [5.41, 5.74) is 4.30. The predicted octanol–water partition coefficient (Wildman–Crippen LogP) is 0.972. The number of nitrogens with two attached hydrogens (primary N) is 1. The van der Waals surface area contributed by atoms with Crippen molar-refractivity contribution in [3.63, 3.8) is 0 Å². The minimum absolute atomic E-state index is 0.181. The van der Waals surface area contributed by atoms with Gasteiger partial charge in [0, 0.05) is 12.5 Å². The first kappa shape index (κ1) is 16.2. The molecule has 0 aliphatic carbocycles. The van der Waals surface area contributed by atoms with Crippen LogP contribution in [0.15, 0.2) is 42.5 Å². The fraction of sp³-hybridized carbons (Fsp3) is 0.118. The van der Waals surface area contributed by atoms with Crippen LogP contribution in [0.25, 0.3) is 0 Å². The molecule has 0 bridgehead atoms. The van der Waals surface area contributed by atoms with Crippen LogP contribution in [-0.4, -0.2) is 16.8 Å². The normalized spacial score (nSPS) is 9.48. The van der Waals surface area contributed by atoms with E-state index in [0.717, 1.165) is 11.1 Å². The van der Waals surface area contributed by atoms with Crippen molar-refractivity contribution >= 4 is 17.6 Å². The van der Waals surface area contributed by atoms with Gasteiger partial charge in [-0.25, -0.2) is 10.8 Å². The summed E-state index contributed by atoms with van der Waals surface area (Å²) < 4.78 is 0. The summed E-state index contributed by atoms with van der Waals surface area (Å²) in [7, 11) is 0. The number of carbonyl (C=O) groups is 2. The summed E-state index contributed by atoms with van der Waals surface area (Å²) in [5, 5.41) is 2.61. The van der Waals surface area contributed by atoms with Crippen molar-refractivity contribution in [3.8, 4) is 11.8 Å². The highest BCUT2D eigenvalue weighted by molar-refractivity contribution is 5.87. The quantitative estimate of drug-likeness (QED) is 0.341. The van der Waals surface area contributed by atoms with E-state index in [0.29, 0.717) is 11.5 Å². The number of carbonyl (C=O) groups excluding carboxylic acids is 2. The smallest absolute Gasteiger partial charge is 0.238 e. The minimum Gasteiger partial charge on any atom is -0.311 e. The number of hydrazine groups is 1. The Morgan fingerprint density at radius 2 is 1.87 bits per heavy atom. The molecule has 1 aromatic carbocycles. The van der Waals surface area contributed by atoms with Crippen molar-refractivity contribution in [3.05, 3.63) is 59.3 Å². The summed E-state index contributed by atoms with van der Waals surface area (Å²) in [6, 6.07) is 12.5. The maximum Gasteiger partial charge on any atom is 0.238 e. The van der Waals surface area contributed by atoms with Crippen LogP contribution < -0.4 is 16.6 Å². The summed E-state index contributed by atoms with van der Waals surface area (Å²) in [6.07, 6.45) is 0.227. The molecular weight excluding hydrogens is 292 g/mol. The van der Waals surface area contributed by atoms with E-state index in [9.17, 15) is 9.59 Å². The van der Waals surface area contributed by atoms with Gasteiger partial charge in [-0.15, -0.1) is 0 Å². The molecule has 0 saturated heterocycles. The Labute approximate surface area is 134 Å². The van der Waals surface area contributed by atoms with Gasteiger partial charge in [0.25, 0.3) is 0 Å². The summed E-state index contributed by atoms with van der Waals surface area (Å²) in [5.74, 6) is 11.0. The van der Waals surface area contributed by atoms with Gasteiger partial charge in [-0.1, -0.05) is 24.1 Å². The van der Waals surface area contributed by atoms with Crippen molar-refractivity contribution in [2.75, 3.05) is 5.32 Å². The van der Waals surface area contributed by atoms with Gasteiger partial charge in [-0.05, 0) is 35.7 Å². The van der Waals surface area contributed by atoms with Crippen molar-refractivity contribution < 1.29 is 9.59 Å². The fourth-order valence-corrected chi connectivity index (χ4v) is 1.83. The van der Waals surface area contributed by atoms with Crippen LogP contribution in [-0.2, 0) is 16.0 Å². The van der Waals surface area contributed by atoms with E-state index >= 15 is 0 Å². The third kappa shape index (κ3) is 5.26. The van der Waals surface area contributed by atoms with Crippen LogP contribution in [0.3, 0.4) is 0 Å². The maximum absolute atomic E-state index is 11.2. The van der Waals surface area contributed by atoms with Crippen LogP contribution in [0.5, 0.6) is 0 Å². The molecule has 0 unspecified atom stereocenters. The summed E-state index contributed by atoms with van der Waals surface area (Å²) in [6.45, 7) is 1.42. The predicted molar refractivity (Wildman–Crippen MR) is 87.0 cm³/mol. The Bertz CT molecular complexity index is 773. The van der Waals surface area contributed by atoms with Crippen LogP contribution >= 0.6 is 0 Å². The molecule has 0 aliphatic heterocycles. The second-order valence-corrected chi connectivity index (χ2v) is 4.78. The van der Waals surface area contributed by atoms with E-state index in [4.69, 9.17) is 5.84 Å². The van der Waals surface area contributed by atoms with Crippen LogP contribution in [0.2, 0.25) is 0 Å². The van der Waals surface area contributed by atoms with Gasteiger partial charge < -0.3 is 5.32 Å². The number of hydrogen-bond donors (Lipinski definition) is 3. The first-order valence-corrected chi connectivity index (χ1v) is 6.92. The molecule has 0 aliphatic rings. The van der Waals surface area contributed by atoms with Crippen molar-refractivity contribution in [2.45, 2.75) is 13.3 Å². The van der Waals surface area contributed by atoms with E-state index in [-0.39, 0.29) is 18.2 Å². The standard InChI is InChI=1S/C17H16N4O2/c1-12(22)19-16-4-2-3-15(20-16)10-9-13-5-7-14(8-6-13)11-17(23)21-18/h2-8H,11,18H2,1H3,(H,21,23)(H,19,20,22). The molecule has 2 rings (SSSR count). The Morgan fingerprint density at radius 1 is 1.13 bits per heavy atom. The van der Waals surface area contributed by atoms with Gasteiger partial charge in [0.15, 0.2) is 0 Å². The highest BCUT2D eigenvalue weighted by Gasteiger charge is 2.00. The van der Waals surface area contributed by atoms with Gasteiger partial charge in [-0.3, -0.25) is 15.0 Å². The van der Waals surface area contributed by atoms with Gasteiger partial charge in [-0.2, -0.15) is 0 Å². The number of nitrogens with zero attached hydrogens (tertiary/aromatic N) is 1. The topological polar surface area (TPSA) is 97.1 Å². The zero-order valence-electron chi connectivity index (χ0n) is 12.6. The van der Waals surface area contributed by atoms with E-state index in [2.05, 4.69) is 27.6 Å². The first-order valence-electron chi connectivity index (χ1n) is 6.92. The van der Waals surface area contributed by atoms with Crippen molar-refractivity contribution in [1.82, 2.24) is 10.4 Å². The second kappa shape index (κ2) is 7.73. The lowest BCUT2D eigenvalue weighted by atomic mass is 10.1. The molecule has 0 fully saturated rings. The van der Waals surface area contributed by atoms with Gasteiger partial charge >= 0.3 is 0 Å². The number of pyridine rings is 1. The zero-order chi connectivity index (χ0) is 16.7.